The van der Waals surface area contributed by atoms with Gasteiger partial charge < -0.3 is 11.5 Å². The van der Waals surface area contributed by atoms with Crippen LogP contribution in [0.1, 0.15) is 47.1 Å². The Morgan fingerprint density at radius 3 is 1.97 bits per heavy atom. The van der Waals surface area contributed by atoms with Crippen molar-refractivity contribution in [3.05, 3.63) is 88.3 Å². The van der Waals surface area contributed by atoms with Gasteiger partial charge in [0.25, 0.3) is 0 Å². The molecular formula is C28H29N2O2. The van der Waals surface area contributed by atoms with Gasteiger partial charge in [-0.2, -0.15) is 0 Å². The van der Waals surface area contributed by atoms with E-state index in [2.05, 4.69) is 50.2 Å². The largest absolute Gasteiger partial charge is 0.326 e. The normalized spacial score (nSPS) is 14.8. The highest BCUT2D eigenvalue weighted by Gasteiger charge is 2.33. The highest BCUT2D eigenvalue weighted by molar-refractivity contribution is 6.21. The number of hydrogen-bond donors (Lipinski definition) is 2. The lowest BCUT2D eigenvalue weighted by Crippen LogP contribution is -2.28. The van der Waals surface area contributed by atoms with Crippen molar-refractivity contribution >= 4 is 11.6 Å². The van der Waals surface area contributed by atoms with Crippen LogP contribution in [-0.2, 0) is 22.7 Å². The molecule has 1 aliphatic rings. The molecule has 0 saturated heterocycles. The van der Waals surface area contributed by atoms with Gasteiger partial charge >= 0.3 is 0 Å². The van der Waals surface area contributed by atoms with Gasteiger partial charge in [0, 0.05) is 25.9 Å². The van der Waals surface area contributed by atoms with Gasteiger partial charge in [0.1, 0.15) is 5.92 Å². The first-order valence-corrected chi connectivity index (χ1v) is 11.1. The first-order valence-electron chi connectivity index (χ1n) is 11.1. The molecule has 3 aromatic rings. The minimum atomic E-state index is -0.0789. The third kappa shape index (κ3) is 4.29. The molecule has 1 fully saturated rings. The Morgan fingerprint density at radius 1 is 0.688 bits per heavy atom. The Morgan fingerprint density at radius 2 is 1.34 bits per heavy atom. The Hall–Kier alpha value is -3.08. The molecule has 163 valence electrons. The molecule has 0 amide bonds. The number of Topliss-reactive ketones (excluding diaryl/α,β-unsaturated/α-hetero) is 2. The zero-order valence-electron chi connectivity index (χ0n) is 18.7. The summed E-state index contributed by atoms with van der Waals surface area (Å²) in [6.07, 6.45) is 1.47. The molecule has 3 aromatic carbocycles. The molecule has 0 unspecified atom stereocenters. The van der Waals surface area contributed by atoms with Crippen molar-refractivity contribution in [2.24, 2.45) is 11.5 Å². The molecule has 32 heavy (non-hydrogen) atoms. The number of ketones is 2. The molecule has 0 spiro atoms. The van der Waals surface area contributed by atoms with E-state index in [9.17, 15) is 9.59 Å². The molecule has 1 aliphatic carbocycles. The van der Waals surface area contributed by atoms with Crippen LogP contribution in [0.5, 0.6) is 0 Å². The predicted octanol–water partition coefficient (Wildman–Crippen LogP) is 4.80. The van der Waals surface area contributed by atoms with E-state index >= 15 is 0 Å². The minimum Gasteiger partial charge on any atom is -0.326 e. The molecule has 4 nitrogen and oxygen atoms in total. The van der Waals surface area contributed by atoms with Crippen LogP contribution in [0.3, 0.4) is 0 Å². The molecular weight excluding hydrogens is 396 g/mol. The molecule has 1 saturated carbocycles. The number of carbonyl (C=O) groups is 2. The summed E-state index contributed by atoms with van der Waals surface area (Å²) in [4.78, 5) is 25.0. The number of nitrogens with two attached hydrogens (primary N) is 2. The van der Waals surface area contributed by atoms with Crippen molar-refractivity contribution in [3.8, 4) is 22.3 Å². The van der Waals surface area contributed by atoms with E-state index < -0.39 is 0 Å². The van der Waals surface area contributed by atoms with Crippen molar-refractivity contribution in [3.63, 3.8) is 0 Å². The van der Waals surface area contributed by atoms with E-state index in [4.69, 9.17) is 11.5 Å². The zero-order chi connectivity index (χ0) is 22.8. The number of rotatable bonds is 5. The predicted molar refractivity (Wildman–Crippen MR) is 129 cm³/mol. The maximum absolute atomic E-state index is 12.5. The molecule has 0 heterocycles. The summed E-state index contributed by atoms with van der Waals surface area (Å²) in [5.74, 6) is 0.156. The molecule has 0 aliphatic heterocycles. The maximum atomic E-state index is 12.5. The fraction of sp³-hybridized carbons (Fsp3) is 0.250. The Balaban J connectivity index is 1.86. The summed E-state index contributed by atoms with van der Waals surface area (Å²) in [6.45, 7) is 4.90. The van der Waals surface area contributed by atoms with Crippen molar-refractivity contribution in [2.45, 2.75) is 46.2 Å². The highest BCUT2D eigenvalue weighted by Crippen LogP contribution is 2.37. The molecule has 0 aromatic heterocycles. The SMILES string of the molecule is Cc1cc(C)cc(-c2ccc(CN)cc2-c2ccc([C]3C(=O)CCCC3=O)c(CN)c2)c1. The second-order valence-electron chi connectivity index (χ2n) is 8.61. The molecule has 0 atom stereocenters. The van der Waals surface area contributed by atoms with E-state index in [0.717, 1.165) is 33.4 Å². The van der Waals surface area contributed by atoms with E-state index in [1.54, 1.807) is 0 Å². The second-order valence-corrected chi connectivity index (χ2v) is 8.61. The van der Waals surface area contributed by atoms with Crippen LogP contribution in [0.25, 0.3) is 22.3 Å². The van der Waals surface area contributed by atoms with Gasteiger partial charge in [-0.05, 0) is 71.3 Å². The summed E-state index contributed by atoms with van der Waals surface area (Å²) >= 11 is 0. The van der Waals surface area contributed by atoms with Gasteiger partial charge in [-0.15, -0.1) is 0 Å². The summed E-state index contributed by atoms with van der Waals surface area (Å²) in [6, 6.07) is 18.7. The van der Waals surface area contributed by atoms with Crippen molar-refractivity contribution in [2.75, 3.05) is 0 Å². The van der Waals surface area contributed by atoms with Crippen LogP contribution in [0.4, 0.5) is 0 Å². The van der Waals surface area contributed by atoms with Crippen molar-refractivity contribution in [1.29, 1.82) is 0 Å². The quantitative estimate of drug-likeness (QED) is 0.615. The number of aryl methyl sites for hydroxylation is 2. The monoisotopic (exact) mass is 425 g/mol. The Labute approximate surface area is 189 Å². The van der Waals surface area contributed by atoms with Crippen LogP contribution < -0.4 is 11.5 Å². The first-order chi connectivity index (χ1) is 15.4. The van der Waals surface area contributed by atoms with E-state index in [1.807, 2.05) is 18.2 Å². The zero-order valence-corrected chi connectivity index (χ0v) is 18.7. The van der Waals surface area contributed by atoms with Crippen LogP contribution in [0, 0.1) is 19.8 Å². The van der Waals surface area contributed by atoms with E-state index in [-0.39, 0.29) is 18.1 Å². The first kappa shape index (κ1) is 22.1. The number of carbonyl (C=O) groups excluding carboxylic acids is 2. The second kappa shape index (κ2) is 9.19. The Kier molecular flexibility index (Phi) is 6.35. The topological polar surface area (TPSA) is 86.2 Å². The van der Waals surface area contributed by atoms with Gasteiger partial charge in [-0.25, -0.2) is 0 Å². The van der Waals surface area contributed by atoms with Crippen LogP contribution in [0.2, 0.25) is 0 Å². The average Bonchev–Trinajstić information content (AvgIpc) is 2.78. The van der Waals surface area contributed by atoms with Crippen LogP contribution in [0.15, 0.2) is 54.6 Å². The summed E-state index contributed by atoms with van der Waals surface area (Å²) in [7, 11) is 0. The fourth-order valence-electron chi connectivity index (χ4n) is 4.63. The van der Waals surface area contributed by atoms with Gasteiger partial charge in [0.05, 0.1) is 0 Å². The molecule has 4 N–H and O–H groups in total. The van der Waals surface area contributed by atoms with Crippen molar-refractivity contribution in [1.82, 2.24) is 0 Å². The van der Waals surface area contributed by atoms with Gasteiger partial charge in [0.2, 0.25) is 0 Å². The smallest absolute Gasteiger partial charge is 0.152 e. The van der Waals surface area contributed by atoms with E-state index in [0.29, 0.717) is 37.3 Å². The van der Waals surface area contributed by atoms with Gasteiger partial charge in [0.15, 0.2) is 11.6 Å². The maximum Gasteiger partial charge on any atom is 0.152 e. The molecule has 4 heteroatoms. The lowest BCUT2D eigenvalue weighted by Gasteiger charge is -2.22. The molecule has 1 radical (unpaired) electrons. The lowest BCUT2D eigenvalue weighted by molar-refractivity contribution is -0.126. The standard InChI is InChI=1S/C28H29N2O2/c1-17-10-18(2)12-21(11-17)23-8-6-19(15-29)13-25(23)20-7-9-24(22(14-20)16-30)28-26(31)4-3-5-27(28)32/h6-14H,3-5,15-16,29-30H2,1-2H3. The van der Waals surface area contributed by atoms with Crippen LogP contribution >= 0.6 is 0 Å². The molecule has 0 bridgehead atoms. The van der Waals surface area contributed by atoms with Gasteiger partial charge in [-0.3, -0.25) is 9.59 Å². The highest BCUT2D eigenvalue weighted by atomic mass is 16.2. The average molecular weight is 426 g/mol. The number of hydrogen-bond acceptors (Lipinski definition) is 4. The molecule has 4 rings (SSSR count). The number of benzene rings is 3. The fourth-order valence-corrected chi connectivity index (χ4v) is 4.63. The summed E-state index contributed by atoms with van der Waals surface area (Å²) in [5, 5.41) is 0. The minimum absolute atomic E-state index is 0.0789. The lowest BCUT2D eigenvalue weighted by atomic mass is 9.79. The van der Waals surface area contributed by atoms with Crippen molar-refractivity contribution < 1.29 is 9.59 Å². The Bertz CT molecular complexity index is 1160. The summed E-state index contributed by atoms with van der Waals surface area (Å²) in [5.41, 5.74) is 21.3. The third-order valence-electron chi connectivity index (χ3n) is 6.12. The van der Waals surface area contributed by atoms with E-state index in [1.165, 1.54) is 11.1 Å². The van der Waals surface area contributed by atoms with Gasteiger partial charge in [-0.1, -0.05) is 53.6 Å². The third-order valence-corrected chi connectivity index (χ3v) is 6.12. The van der Waals surface area contributed by atoms with Crippen LogP contribution in [-0.4, -0.2) is 11.6 Å². The summed E-state index contributed by atoms with van der Waals surface area (Å²) < 4.78 is 0.